The van der Waals surface area contributed by atoms with Crippen molar-refractivity contribution in [1.82, 2.24) is 19.9 Å². The molecule has 0 saturated carbocycles. The van der Waals surface area contributed by atoms with Gasteiger partial charge in [-0.15, -0.1) is 11.3 Å². The van der Waals surface area contributed by atoms with Gasteiger partial charge in [0.2, 0.25) is 17.8 Å². The minimum Gasteiger partial charge on any atom is -0.378 e. The highest BCUT2D eigenvalue weighted by atomic mass is 32.1. The number of aromatic nitrogens is 4. The number of nitro benzene ring substituents is 1. The van der Waals surface area contributed by atoms with Gasteiger partial charge in [-0.25, -0.2) is 4.98 Å². The highest BCUT2D eigenvalue weighted by Gasteiger charge is 2.21. The van der Waals surface area contributed by atoms with Crippen LogP contribution in [0.3, 0.4) is 0 Å². The van der Waals surface area contributed by atoms with Crippen LogP contribution in [0.15, 0.2) is 29.6 Å². The second-order valence-electron chi connectivity index (χ2n) is 7.42. The van der Waals surface area contributed by atoms with Crippen molar-refractivity contribution in [1.29, 1.82) is 0 Å². The van der Waals surface area contributed by atoms with E-state index in [9.17, 15) is 10.1 Å². The lowest BCUT2D eigenvalue weighted by molar-refractivity contribution is -0.384. The number of non-ortho nitro benzene ring substituents is 1. The first-order chi connectivity index (χ1) is 16.2. The van der Waals surface area contributed by atoms with Crippen molar-refractivity contribution < 1.29 is 14.4 Å². The molecule has 12 nitrogen and oxygen atoms in total. The second kappa shape index (κ2) is 9.60. The number of nitrogens with zero attached hydrogens (tertiary/aromatic N) is 7. The Morgan fingerprint density at radius 1 is 0.879 bits per heavy atom. The summed E-state index contributed by atoms with van der Waals surface area (Å²) >= 11 is 1.41. The predicted molar refractivity (Wildman–Crippen MR) is 123 cm³/mol. The third-order valence-electron chi connectivity index (χ3n) is 5.30. The van der Waals surface area contributed by atoms with Gasteiger partial charge in [0.1, 0.15) is 0 Å². The molecule has 172 valence electrons. The van der Waals surface area contributed by atoms with Crippen molar-refractivity contribution in [2.24, 2.45) is 0 Å². The number of benzene rings is 1. The first kappa shape index (κ1) is 21.4. The minimum absolute atomic E-state index is 0.0452. The molecule has 0 aliphatic carbocycles. The average molecular weight is 471 g/mol. The molecule has 2 saturated heterocycles. The largest absolute Gasteiger partial charge is 0.378 e. The van der Waals surface area contributed by atoms with Crippen LogP contribution in [0.1, 0.15) is 0 Å². The molecule has 5 rings (SSSR count). The van der Waals surface area contributed by atoms with Gasteiger partial charge in [-0.2, -0.15) is 15.0 Å². The van der Waals surface area contributed by atoms with Crippen molar-refractivity contribution in [3.8, 4) is 11.3 Å². The summed E-state index contributed by atoms with van der Waals surface area (Å²) < 4.78 is 10.9. The Labute approximate surface area is 193 Å². The summed E-state index contributed by atoms with van der Waals surface area (Å²) in [5.41, 5.74) is 1.56. The van der Waals surface area contributed by atoms with Crippen molar-refractivity contribution in [3.05, 3.63) is 39.8 Å². The van der Waals surface area contributed by atoms with E-state index in [1.54, 1.807) is 12.1 Å². The fourth-order valence-electron chi connectivity index (χ4n) is 3.53. The van der Waals surface area contributed by atoms with Crippen LogP contribution in [0.5, 0.6) is 0 Å². The summed E-state index contributed by atoms with van der Waals surface area (Å²) in [6, 6.07) is 6.31. The van der Waals surface area contributed by atoms with Crippen molar-refractivity contribution >= 4 is 40.0 Å². The molecule has 0 bridgehead atoms. The summed E-state index contributed by atoms with van der Waals surface area (Å²) in [7, 11) is 0. The molecule has 3 aromatic rings. The maximum absolute atomic E-state index is 10.9. The van der Waals surface area contributed by atoms with Gasteiger partial charge in [-0.3, -0.25) is 15.4 Å². The van der Waals surface area contributed by atoms with Crippen molar-refractivity contribution in [3.63, 3.8) is 0 Å². The molecule has 2 aliphatic heterocycles. The van der Waals surface area contributed by atoms with E-state index in [1.165, 1.54) is 23.5 Å². The standard InChI is InChI=1S/C20H22N8O4S/c29-28(30)15-3-1-14(2-4-15)16-13-33-20(21-16)24-17-22-18(26-5-9-31-10-6-26)25-19(23-17)27-7-11-32-12-8-27/h1-4,13H,5-12H2,(H,21,22,23,24,25). The van der Waals surface area contributed by atoms with Crippen LogP contribution in [-0.2, 0) is 9.47 Å². The monoisotopic (exact) mass is 470 g/mol. The third kappa shape index (κ3) is 4.99. The van der Waals surface area contributed by atoms with Crippen molar-refractivity contribution in [2.45, 2.75) is 0 Å². The quantitative estimate of drug-likeness (QED) is 0.420. The molecule has 1 N–H and O–H groups in total. The number of ether oxygens (including phenoxy) is 2. The molecule has 13 heteroatoms. The number of thiazole rings is 1. The summed E-state index contributed by atoms with van der Waals surface area (Å²) in [6.45, 7) is 5.39. The Hall–Kier alpha value is -3.42. The fourth-order valence-corrected chi connectivity index (χ4v) is 4.25. The number of rotatable bonds is 6. The molecule has 0 atom stereocenters. The lowest BCUT2D eigenvalue weighted by Crippen LogP contribution is -2.40. The number of anilines is 4. The zero-order chi connectivity index (χ0) is 22.6. The predicted octanol–water partition coefficient (Wildman–Crippen LogP) is 2.32. The van der Waals surface area contributed by atoms with Crippen LogP contribution in [0, 0.1) is 10.1 Å². The highest BCUT2D eigenvalue weighted by Crippen LogP contribution is 2.28. The molecule has 0 unspecified atom stereocenters. The van der Waals surface area contributed by atoms with Crippen LogP contribution < -0.4 is 15.1 Å². The van der Waals surface area contributed by atoms with Gasteiger partial charge in [0.25, 0.3) is 5.69 Å². The summed E-state index contributed by atoms with van der Waals surface area (Å²) in [6.07, 6.45) is 0. The summed E-state index contributed by atoms with van der Waals surface area (Å²) in [4.78, 5) is 33.2. The maximum atomic E-state index is 10.9. The Morgan fingerprint density at radius 3 is 2.00 bits per heavy atom. The van der Waals surface area contributed by atoms with E-state index in [4.69, 9.17) is 14.5 Å². The molecule has 33 heavy (non-hydrogen) atoms. The van der Waals surface area contributed by atoms with Crippen LogP contribution >= 0.6 is 11.3 Å². The Bertz CT molecular complexity index is 1080. The molecule has 4 heterocycles. The van der Waals surface area contributed by atoms with E-state index >= 15 is 0 Å². The van der Waals surface area contributed by atoms with E-state index in [0.29, 0.717) is 81.3 Å². The van der Waals surface area contributed by atoms with Crippen LogP contribution in [0.2, 0.25) is 0 Å². The topological polar surface area (TPSA) is 132 Å². The van der Waals surface area contributed by atoms with Crippen LogP contribution in [-0.4, -0.2) is 77.5 Å². The number of hydrogen-bond acceptors (Lipinski definition) is 12. The molecule has 0 radical (unpaired) electrons. The first-order valence-corrected chi connectivity index (χ1v) is 11.4. The zero-order valence-corrected chi connectivity index (χ0v) is 18.5. The average Bonchev–Trinajstić information content (AvgIpc) is 3.33. The van der Waals surface area contributed by atoms with E-state index in [-0.39, 0.29) is 5.69 Å². The zero-order valence-electron chi connectivity index (χ0n) is 17.7. The van der Waals surface area contributed by atoms with Crippen molar-refractivity contribution in [2.75, 3.05) is 67.7 Å². The first-order valence-electron chi connectivity index (χ1n) is 10.5. The van der Waals surface area contributed by atoms with Gasteiger partial charge in [-0.05, 0) is 12.1 Å². The van der Waals surface area contributed by atoms with Gasteiger partial charge in [-0.1, -0.05) is 0 Å². The Balaban J connectivity index is 1.39. The number of nitrogens with one attached hydrogen (secondary N) is 1. The maximum Gasteiger partial charge on any atom is 0.269 e. The minimum atomic E-state index is -0.420. The smallest absolute Gasteiger partial charge is 0.269 e. The van der Waals surface area contributed by atoms with Gasteiger partial charge < -0.3 is 19.3 Å². The lowest BCUT2D eigenvalue weighted by atomic mass is 10.1. The van der Waals surface area contributed by atoms with Gasteiger partial charge in [0.05, 0.1) is 37.0 Å². The molecule has 2 aliphatic rings. The molecule has 2 fully saturated rings. The Kier molecular flexibility index (Phi) is 6.24. The van der Waals surface area contributed by atoms with E-state index in [0.717, 1.165) is 5.56 Å². The van der Waals surface area contributed by atoms with Crippen LogP contribution in [0.25, 0.3) is 11.3 Å². The number of nitro groups is 1. The molecule has 2 aromatic heterocycles. The Morgan fingerprint density at radius 2 is 1.45 bits per heavy atom. The molecular formula is C20H22N8O4S. The normalized spacial score (nSPS) is 16.6. The fraction of sp³-hybridized carbons (Fsp3) is 0.400. The number of morpholine rings is 2. The van der Waals surface area contributed by atoms with E-state index in [2.05, 4.69) is 30.1 Å². The van der Waals surface area contributed by atoms with E-state index < -0.39 is 4.92 Å². The van der Waals surface area contributed by atoms with Gasteiger partial charge in [0, 0.05) is 49.3 Å². The lowest BCUT2D eigenvalue weighted by Gasteiger charge is -2.30. The number of hydrogen-bond donors (Lipinski definition) is 1. The SMILES string of the molecule is O=[N+]([O-])c1ccc(-c2csc(Nc3nc(N4CCOCC4)nc(N4CCOCC4)n3)n2)cc1. The molecule has 1 aromatic carbocycles. The summed E-state index contributed by atoms with van der Waals surface area (Å²) in [5.74, 6) is 1.62. The summed E-state index contributed by atoms with van der Waals surface area (Å²) in [5, 5.41) is 16.6. The molecule has 0 spiro atoms. The van der Waals surface area contributed by atoms with Crippen LogP contribution in [0.4, 0.5) is 28.7 Å². The third-order valence-corrected chi connectivity index (χ3v) is 6.05. The van der Waals surface area contributed by atoms with E-state index in [1.807, 2.05) is 5.38 Å². The van der Waals surface area contributed by atoms with Gasteiger partial charge in [0.15, 0.2) is 5.13 Å². The molecular weight excluding hydrogens is 448 g/mol. The molecule has 0 amide bonds. The van der Waals surface area contributed by atoms with Gasteiger partial charge >= 0.3 is 0 Å². The highest BCUT2D eigenvalue weighted by molar-refractivity contribution is 7.14. The second-order valence-corrected chi connectivity index (χ2v) is 8.28.